The van der Waals surface area contributed by atoms with E-state index < -0.39 is 6.10 Å². The predicted molar refractivity (Wildman–Crippen MR) is 70.0 cm³/mol. The van der Waals surface area contributed by atoms with Crippen LogP contribution in [-0.2, 0) is 0 Å². The summed E-state index contributed by atoms with van der Waals surface area (Å²) in [6, 6.07) is 10.3. The molecule has 0 aromatic heterocycles. The number of ether oxygens (including phenoxy) is 1. The third-order valence-electron chi connectivity index (χ3n) is 2.85. The number of hydrogen-bond donors (Lipinski definition) is 1. The molecule has 4 heteroatoms. The quantitative estimate of drug-likeness (QED) is 0.918. The highest BCUT2D eigenvalue weighted by molar-refractivity contribution is 5.33. The Balaban J connectivity index is 2.26. The van der Waals surface area contributed by atoms with E-state index in [0.29, 0.717) is 11.3 Å². The van der Waals surface area contributed by atoms with Crippen LogP contribution in [0.4, 0.5) is 8.78 Å². The van der Waals surface area contributed by atoms with E-state index in [9.17, 15) is 8.78 Å². The third-order valence-corrected chi connectivity index (χ3v) is 2.85. The van der Waals surface area contributed by atoms with E-state index in [4.69, 9.17) is 10.5 Å². The van der Waals surface area contributed by atoms with Gasteiger partial charge in [0.1, 0.15) is 23.5 Å². The van der Waals surface area contributed by atoms with E-state index in [1.54, 1.807) is 18.2 Å². The Bertz CT molecular complexity index is 572. The Hall–Kier alpha value is -1.94. The molecule has 0 amide bonds. The number of nitrogens with two attached hydrogens (primary N) is 1. The second-order valence-corrected chi connectivity index (χ2v) is 4.31. The molecule has 2 nitrogen and oxygen atoms in total. The van der Waals surface area contributed by atoms with Crippen molar-refractivity contribution < 1.29 is 13.5 Å². The number of halogens is 2. The van der Waals surface area contributed by atoms with Crippen molar-refractivity contribution in [2.24, 2.45) is 5.73 Å². The molecule has 0 aliphatic heterocycles. The zero-order valence-corrected chi connectivity index (χ0v) is 10.6. The molecule has 0 bridgehead atoms. The number of rotatable bonds is 4. The van der Waals surface area contributed by atoms with Crippen molar-refractivity contribution in [2.75, 3.05) is 6.54 Å². The summed E-state index contributed by atoms with van der Waals surface area (Å²) in [5, 5.41) is 0. The fraction of sp³-hybridized carbons (Fsp3) is 0.200. The first-order chi connectivity index (χ1) is 9.10. The van der Waals surface area contributed by atoms with Gasteiger partial charge in [-0.15, -0.1) is 0 Å². The molecule has 0 fully saturated rings. The van der Waals surface area contributed by atoms with Crippen molar-refractivity contribution in [3.05, 3.63) is 65.2 Å². The van der Waals surface area contributed by atoms with Gasteiger partial charge in [-0.2, -0.15) is 0 Å². The first kappa shape index (κ1) is 13.5. The van der Waals surface area contributed by atoms with Crippen LogP contribution in [-0.4, -0.2) is 6.54 Å². The van der Waals surface area contributed by atoms with Crippen LogP contribution >= 0.6 is 0 Å². The topological polar surface area (TPSA) is 35.2 Å². The Morgan fingerprint density at radius 2 is 1.84 bits per heavy atom. The van der Waals surface area contributed by atoms with Gasteiger partial charge in [0, 0.05) is 12.6 Å². The van der Waals surface area contributed by atoms with Gasteiger partial charge in [-0.1, -0.05) is 18.2 Å². The van der Waals surface area contributed by atoms with Crippen LogP contribution in [0.25, 0.3) is 0 Å². The summed E-state index contributed by atoms with van der Waals surface area (Å²) in [5.41, 5.74) is 7.08. The maximum absolute atomic E-state index is 13.2. The van der Waals surface area contributed by atoms with Crippen molar-refractivity contribution in [2.45, 2.75) is 13.0 Å². The van der Waals surface area contributed by atoms with Gasteiger partial charge < -0.3 is 10.5 Å². The van der Waals surface area contributed by atoms with Gasteiger partial charge in [0.05, 0.1) is 0 Å². The molecule has 2 aromatic rings. The summed E-state index contributed by atoms with van der Waals surface area (Å²) < 4.78 is 32.1. The molecular formula is C15H15F2NO. The minimum atomic E-state index is -0.504. The molecular weight excluding hydrogens is 248 g/mol. The first-order valence-corrected chi connectivity index (χ1v) is 5.98. The van der Waals surface area contributed by atoms with Crippen LogP contribution in [0.5, 0.6) is 5.75 Å². The van der Waals surface area contributed by atoms with Crippen molar-refractivity contribution in [3.8, 4) is 5.75 Å². The highest BCUT2D eigenvalue weighted by Crippen LogP contribution is 2.25. The minimum absolute atomic E-state index is 0.180. The van der Waals surface area contributed by atoms with Crippen LogP contribution in [0.1, 0.15) is 17.2 Å². The van der Waals surface area contributed by atoms with E-state index in [2.05, 4.69) is 0 Å². The Morgan fingerprint density at radius 3 is 2.53 bits per heavy atom. The lowest BCUT2D eigenvalue weighted by Crippen LogP contribution is -2.19. The summed E-state index contributed by atoms with van der Waals surface area (Å²) in [6.07, 6.45) is -0.504. The normalized spacial score (nSPS) is 12.2. The van der Waals surface area contributed by atoms with E-state index in [1.165, 1.54) is 24.3 Å². The zero-order valence-electron chi connectivity index (χ0n) is 10.6. The molecule has 1 unspecified atom stereocenters. The van der Waals surface area contributed by atoms with Gasteiger partial charge in [0.25, 0.3) is 0 Å². The largest absolute Gasteiger partial charge is 0.484 e. The molecule has 1 atom stereocenters. The van der Waals surface area contributed by atoms with Crippen LogP contribution in [0.15, 0.2) is 42.5 Å². The second kappa shape index (κ2) is 5.80. The molecule has 0 saturated carbocycles. The predicted octanol–water partition coefficient (Wildman–Crippen LogP) is 3.35. The maximum atomic E-state index is 13.2. The lowest BCUT2D eigenvalue weighted by atomic mass is 10.1. The molecule has 0 spiro atoms. The molecule has 0 aliphatic carbocycles. The van der Waals surface area contributed by atoms with Gasteiger partial charge in [-0.3, -0.25) is 0 Å². The molecule has 19 heavy (non-hydrogen) atoms. The van der Waals surface area contributed by atoms with E-state index in [0.717, 1.165) is 5.56 Å². The number of benzene rings is 2. The summed E-state index contributed by atoms with van der Waals surface area (Å²) in [7, 11) is 0. The van der Waals surface area contributed by atoms with Crippen LogP contribution < -0.4 is 10.5 Å². The Kier molecular flexibility index (Phi) is 4.12. The lowest BCUT2D eigenvalue weighted by molar-refractivity contribution is 0.211. The molecule has 2 rings (SSSR count). The summed E-state index contributed by atoms with van der Waals surface area (Å²) in [5.74, 6) is -0.314. The third kappa shape index (κ3) is 3.29. The van der Waals surface area contributed by atoms with E-state index in [1.807, 2.05) is 6.92 Å². The fourth-order valence-corrected chi connectivity index (χ4v) is 1.81. The van der Waals surface area contributed by atoms with Gasteiger partial charge in [0.2, 0.25) is 0 Å². The minimum Gasteiger partial charge on any atom is -0.484 e. The molecule has 0 saturated heterocycles. The average Bonchev–Trinajstić information content (AvgIpc) is 2.39. The molecule has 2 aromatic carbocycles. The van der Waals surface area contributed by atoms with Crippen LogP contribution in [0, 0.1) is 18.6 Å². The van der Waals surface area contributed by atoms with Gasteiger partial charge in [-0.05, 0) is 36.2 Å². The van der Waals surface area contributed by atoms with Crippen molar-refractivity contribution in [1.82, 2.24) is 0 Å². The number of hydrogen-bond acceptors (Lipinski definition) is 2. The average molecular weight is 263 g/mol. The van der Waals surface area contributed by atoms with Crippen molar-refractivity contribution in [1.29, 1.82) is 0 Å². The maximum Gasteiger partial charge on any atom is 0.136 e. The fourth-order valence-electron chi connectivity index (χ4n) is 1.81. The first-order valence-electron chi connectivity index (χ1n) is 5.98. The highest BCUT2D eigenvalue weighted by Gasteiger charge is 2.14. The number of aryl methyl sites for hydroxylation is 1. The zero-order chi connectivity index (χ0) is 13.8. The van der Waals surface area contributed by atoms with E-state index >= 15 is 0 Å². The van der Waals surface area contributed by atoms with Gasteiger partial charge >= 0.3 is 0 Å². The summed E-state index contributed by atoms with van der Waals surface area (Å²) in [6.45, 7) is 1.99. The molecule has 0 radical (unpaired) electrons. The standard InChI is InChI=1S/C15H15F2NO/c1-10-5-6-13(17)8-14(10)19-15(9-18)11-3-2-4-12(16)7-11/h2-8,15H,9,18H2,1H3. The van der Waals surface area contributed by atoms with Crippen LogP contribution in [0.3, 0.4) is 0 Å². The Morgan fingerprint density at radius 1 is 1.11 bits per heavy atom. The van der Waals surface area contributed by atoms with Gasteiger partial charge in [-0.25, -0.2) is 8.78 Å². The highest BCUT2D eigenvalue weighted by atomic mass is 19.1. The molecule has 0 heterocycles. The lowest BCUT2D eigenvalue weighted by Gasteiger charge is -2.19. The smallest absolute Gasteiger partial charge is 0.136 e. The Labute approximate surface area is 110 Å². The van der Waals surface area contributed by atoms with E-state index in [-0.39, 0.29) is 18.2 Å². The van der Waals surface area contributed by atoms with Gasteiger partial charge in [0.15, 0.2) is 0 Å². The summed E-state index contributed by atoms with van der Waals surface area (Å²) in [4.78, 5) is 0. The summed E-state index contributed by atoms with van der Waals surface area (Å²) >= 11 is 0. The molecule has 100 valence electrons. The van der Waals surface area contributed by atoms with Crippen molar-refractivity contribution >= 4 is 0 Å². The molecule has 0 aliphatic rings. The van der Waals surface area contributed by atoms with Crippen molar-refractivity contribution in [3.63, 3.8) is 0 Å². The second-order valence-electron chi connectivity index (χ2n) is 4.31. The SMILES string of the molecule is Cc1ccc(F)cc1OC(CN)c1cccc(F)c1. The monoisotopic (exact) mass is 263 g/mol. The molecule has 2 N–H and O–H groups in total. The van der Waals surface area contributed by atoms with Crippen LogP contribution in [0.2, 0.25) is 0 Å².